The first-order chi connectivity index (χ1) is 15.7. The van der Waals surface area contributed by atoms with E-state index in [1.165, 1.54) is 11.0 Å². The quantitative estimate of drug-likeness (QED) is 0.189. The SMILES string of the molecule is NC(N)=NCCC[C@H](NS(=O)(=O)c1cccc2c1NCCC2)C(=O)N1CCCC[C@@H]1C(=O)O. The molecule has 33 heavy (non-hydrogen) atoms. The molecule has 0 saturated carbocycles. The third-order valence-corrected chi connectivity index (χ3v) is 7.45. The molecule has 0 aliphatic carbocycles. The predicted octanol–water partition coefficient (Wildman–Crippen LogP) is 0.211. The van der Waals surface area contributed by atoms with Gasteiger partial charge in [-0.2, -0.15) is 4.72 Å². The van der Waals surface area contributed by atoms with Gasteiger partial charge in [-0.1, -0.05) is 12.1 Å². The molecule has 0 radical (unpaired) electrons. The maximum absolute atomic E-state index is 13.4. The van der Waals surface area contributed by atoms with E-state index in [2.05, 4.69) is 15.0 Å². The topological polar surface area (TPSA) is 180 Å². The van der Waals surface area contributed by atoms with Crippen molar-refractivity contribution in [2.75, 3.05) is 25.0 Å². The third kappa shape index (κ3) is 6.14. The van der Waals surface area contributed by atoms with Crippen molar-refractivity contribution in [1.82, 2.24) is 9.62 Å². The van der Waals surface area contributed by atoms with Crippen LogP contribution in [0.25, 0.3) is 0 Å². The van der Waals surface area contributed by atoms with Crippen molar-refractivity contribution in [1.29, 1.82) is 0 Å². The molecule has 7 N–H and O–H groups in total. The number of fused-ring (bicyclic) bond motifs is 1. The Morgan fingerprint density at radius 3 is 2.79 bits per heavy atom. The number of aliphatic carboxylic acids is 1. The van der Waals surface area contributed by atoms with Crippen molar-refractivity contribution in [2.24, 2.45) is 16.5 Å². The Bertz CT molecular complexity index is 1010. The van der Waals surface area contributed by atoms with E-state index in [1.54, 1.807) is 6.07 Å². The summed E-state index contributed by atoms with van der Waals surface area (Å²) < 4.78 is 29.2. The van der Waals surface area contributed by atoms with E-state index in [4.69, 9.17) is 11.5 Å². The normalized spacial score (nSPS) is 19.2. The van der Waals surface area contributed by atoms with Gasteiger partial charge in [0.2, 0.25) is 15.9 Å². The number of carboxylic acids is 1. The average molecular weight is 481 g/mol. The van der Waals surface area contributed by atoms with Crippen molar-refractivity contribution in [3.05, 3.63) is 23.8 Å². The standard InChI is InChI=1S/C21H32N6O5S/c22-21(23)25-12-5-8-15(19(28)27-13-2-1-9-16(27)20(29)30)26-33(31,32)17-10-3-6-14-7-4-11-24-18(14)17/h3,6,10,15-16,24,26H,1-2,4-5,7-9,11-13H2,(H,29,30)(H4,22,23,25)/t15-,16+/m0/s1. The number of carboxylic acid groups (broad SMARTS) is 1. The molecule has 1 saturated heterocycles. The molecule has 2 aliphatic rings. The summed E-state index contributed by atoms with van der Waals surface area (Å²) in [5, 5.41) is 12.7. The molecule has 2 atom stereocenters. The van der Waals surface area contributed by atoms with Gasteiger partial charge < -0.3 is 26.8 Å². The lowest BCUT2D eigenvalue weighted by atomic mass is 10.00. The van der Waals surface area contributed by atoms with E-state index in [9.17, 15) is 23.1 Å². The average Bonchev–Trinajstić information content (AvgIpc) is 2.80. The number of carbonyl (C=O) groups is 2. The van der Waals surface area contributed by atoms with E-state index in [1.807, 2.05) is 6.07 Å². The number of nitrogens with one attached hydrogen (secondary N) is 2. The number of rotatable bonds is 9. The Hall–Kier alpha value is -2.86. The molecule has 1 aromatic rings. The summed E-state index contributed by atoms with van der Waals surface area (Å²) in [6.07, 6.45) is 3.84. The van der Waals surface area contributed by atoms with E-state index >= 15 is 0 Å². The zero-order valence-electron chi connectivity index (χ0n) is 18.5. The molecule has 2 aliphatic heterocycles. The highest BCUT2D eigenvalue weighted by atomic mass is 32.2. The van der Waals surface area contributed by atoms with Crippen LogP contribution in [-0.4, -0.2) is 68.0 Å². The Balaban J connectivity index is 1.86. The van der Waals surface area contributed by atoms with Crippen LogP contribution in [0.5, 0.6) is 0 Å². The summed E-state index contributed by atoms with van der Waals surface area (Å²) in [5.41, 5.74) is 12.1. The smallest absolute Gasteiger partial charge is 0.326 e. The minimum absolute atomic E-state index is 0.0788. The van der Waals surface area contributed by atoms with Crippen LogP contribution in [0.4, 0.5) is 5.69 Å². The summed E-state index contributed by atoms with van der Waals surface area (Å²) in [6.45, 7) is 1.15. The number of aryl methyl sites for hydroxylation is 1. The van der Waals surface area contributed by atoms with Gasteiger partial charge in [0.05, 0.1) is 5.69 Å². The molecular weight excluding hydrogens is 448 g/mol. The maximum atomic E-state index is 13.4. The van der Waals surface area contributed by atoms with E-state index in [-0.39, 0.29) is 30.4 Å². The van der Waals surface area contributed by atoms with Crippen LogP contribution < -0.4 is 21.5 Å². The number of nitrogens with two attached hydrogens (primary N) is 2. The largest absolute Gasteiger partial charge is 0.480 e. The van der Waals surface area contributed by atoms with Gasteiger partial charge in [0.25, 0.3) is 0 Å². The van der Waals surface area contributed by atoms with Gasteiger partial charge in [0, 0.05) is 19.6 Å². The fraction of sp³-hybridized carbons (Fsp3) is 0.571. The zero-order valence-corrected chi connectivity index (χ0v) is 19.3. The molecule has 1 fully saturated rings. The highest BCUT2D eigenvalue weighted by Gasteiger charge is 2.37. The fourth-order valence-corrected chi connectivity index (χ4v) is 5.79. The van der Waals surface area contributed by atoms with Gasteiger partial charge in [0.1, 0.15) is 17.0 Å². The van der Waals surface area contributed by atoms with Crippen LogP contribution in [-0.2, 0) is 26.0 Å². The Labute approximate surface area is 193 Å². The number of hydrogen-bond donors (Lipinski definition) is 5. The molecule has 0 spiro atoms. The number of amides is 1. The van der Waals surface area contributed by atoms with Crippen molar-refractivity contribution >= 4 is 33.5 Å². The van der Waals surface area contributed by atoms with E-state index < -0.39 is 34.0 Å². The Morgan fingerprint density at radius 1 is 1.27 bits per heavy atom. The number of likely N-dealkylation sites (tertiary alicyclic amines) is 1. The van der Waals surface area contributed by atoms with Crippen LogP contribution in [0.3, 0.4) is 0 Å². The second-order valence-corrected chi connectivity index (χ2v) is 10.0. The molecule has 12 heteroatoms. The summed E-state index contributed by atoms with van der Waals surface area (Å²) in [6, 6.07) is 2.96. The van der Waals surface area contributed by atoms with Crippen molar-refractivity contribution in [2.45, 2.75) is 61.9 Å². The lowest BCUT2D eigenvalue weighted by Gasteiger charge is -2.35. The fourth-order valence-electron chi connectivity index (χ4n) is 4.34. The Morgan fingerprint density at radius 2 is 2.06 bits per heavy atom. The minimum atomic E-state index is -4.07. The molecule has 0 unspecified atom stereocenters. The number of para-hydroxylation sites is 1. The van der Waals surface area contributed by atoms with Crippen LogP contribution in [0.1, 0.15) is 44.1 Å². The maximum Gasteiger partial charge on any atom is 0.326 e. The van der Waals surface area contributed by atoms with E-state index in [0.717, 1.165) is 18.4 Å². The highest BCUT2D eigenvalue weighted by molar-refractivity contribution is 7.89. The van der Waals surface area contributed by atoms with Gasteiger partial charge >= 0.3 is 5.97 Å². The molecule has 3 rings (SSSR count). The molecule has 11 nitrogen and oxygen atoms in total. The van der Waals surface area contributed by atoms with Crippen molar-refractivity contribution < 1.29 is 23.1 Å². The second kappa shape index (κ2) is 10.8. The predicted molar refractivity (Wildman–Crippen MR) is 124 cm³/mol. The summed E-state index contributed by atoms with van der Waals surface area (Å²) >= 11 is 0. The summed E-state index contributed by atoms with van der Waals surface area (Å²) in [4.78, 5) is 30.3. The third-order valence-electron chi connectivity index (χ3n) is 5.94. The van der Waals surface area contributed by atoms with Gasteiger partial charge in [-0.3, -0.25) is 9.79 Å². The lowest BCUT2D eigenvalue weighted by Crippen LogP contribution is -2.55. The van der Waals surface area contributed by atoms with Crippen LogP contribution in [0, 0.1) is 0 Å². The molecular formula is C21H32N6O5S. The number of piperidine rings is 1. The highest BCUT2D eigenvalue weighted by Crippen LogP contribution is 2.30. The first kappa shape index (κ1) is 24.8. The number of anilines is 1. The number of sulfonamides is 1. The van der Waals surface area contributed by atoms with Crippen LogP contribution in [0.15, 0.2) is 28.1 Å². The monoisotopic (exact) mass is 480 g/mol. The molecule has 1 aromatic carbocycles. The molecule has 2 heterocycles. The van der Waals surface area contributed by atoms with Gasteiger partial charge in [-0.25, -0.2) is 13.2 Å². The van der Waals surface area contributed by atoms with Crippen molar-refractivity contribution in [3.63, 3.8) is 0 Å². The lowest BCUT2D eigenvalue weighted by molar-refractivity contribution is -0.152. The second-order valence-electron chi connectivity index (χ2n) is 8.32. The zero-order chi connectivity index (χ0) is 24.0. The molecule has 0 bridgehead atoms. The van der Waals surface area contributed by atoms with Gasteiger partial charge in [0.15, 0.2) is 5.96 Å². The van der Waals surface area contributed by atoms with Crippen LogP contribution in [0.2, 0.25) is 0 Å². The number of aliphatic imine (C=N–C) groups is 1. The number of hydrogen-bond acceptors (Lipinski definition) is 6. The van der Waals surface area contributed by atoms with Crippen LogP contribution >= 0.6 is 0 Å². The molecule has 0 aromatic heterocycles. The number of carbonyl (C=O) groups excluding carboxylic acids is 1. The van der Waals surface area contributed by atoms with Gasteiger partial charge in [-0.05, 0) is 56.6 Å². The molecule has 182 valence electrons. The Kier molecular flexibility index (Phi) is 8.14. The number of benzene rings is 1. The number of nitrogens with zero attached hydrogens (tertiary/aromatic N) is 2. The number of guanidine groups is 1. The summed E-state index contributed by atoms with van der Waals surface area (Å²) in [5.74, 6) is -1.73. The minimum Gasteiger partial charge on any atom is -0.480 e. The van der Waals surface area contributed by atoms with E-state index in [0.29, 0.717) is 37.9 Å². The first-order valence-electron chi connectivity index (χ1n) is 11.2. The van der Waals surface area contributed by atoms with Gasteiger partial charge in [-0.15, -0.1) is 0 Å². The molecule has 1 amide bonds. The summed E-state index contributed by atoms with van der Waals surface area (Å²) in [7, 11) is -4.07. The van der Waals surface area contributed by atoms with Crippen molar-refractivity contribution in [3.8, 4) is 0 Å². The first-order valence-corrected chi connectivity index (χ1v) is 12.7.